The Morgan fingerprint density at radius 2 is 1.89 bits per heavy atom. The zero-order valence-corrected chi connectivity index (χ0v) is 12.1. The molecular weight excluding hydrogens is 307 g/mol. The maximum Gasteiger partial charge on any atom is 0.168 e. The lowest BCUT2D eigenvalue weighted by atomic mass is 10.1. The average Bonchev–Trinajstić information content (AvgIpc) is 2.37. The van der Waals surface area contributed by atoms with Gasteiger partial charge in [-0.1, -0.05) is 40.9 Å². The van der Waals surface area contributed by atoms with Crippen LogP contribution in [0.3, 0.4) is 0 Å². The van der Waals surface area contributed by atoms with Crippen LogP contribution in [-0.2, 0) is 0 Å². The van der Waals surface area contributed by atoms with E-state index in [-0.39, 0.29) is 0 Å². The molecule has 0 amide bonds. The number of hydrogen-bond donors (Lipinski definition) is 1. The quantitative estimate of drug-likeness (QED) is 0.679. The van der Waals surface area contributed by atoms with Crippen molar-refractivity contribution in [1.29, 1.82) is 0 Å². The van der Waals surface area contributed by atoms with Crippen molar-refractivity contribution in [3.63, 3.8) is 0 Å². The molecule has 0 spiro atoms. The zero-order chi connectivity index (χ0) is 13.8. The first-order valence-corrected chi connectivity index (χ1v) is 6.44. The summed E-state index contributed by atoms with van der Waals surface area (Å²) in [6, 6.07) is 8.52. The van der Waals surface area contributed by atoms with Crippen molar-refractivity contribution in [1.82, 2.24) is 10.2 Å². The summed E-state index contributed by atoms with van der Waals surface area (Å²) in [5, 5.41) is 13.2. The Balaban J connectivity index is 2.16. The first kappa shape index (κ1) is 14.1. The van der Waals surface area contributed by atoms with E-state index >= 15 is 0 Å². The third-order valence-electron chi connectivity index (χ3n) is 2.29. The molecule has 98 valence electrons. The first-order chi connectivity index (χ1) is 9.06. The molecule has 2 aromatic rings. The smallest absolute Gasteiger partial charge is 0.168 e. The SMILES string of the molecule is C/C(=N\Nc1ccc(Cl)nn1)c1ccc(Cl)cc1Cl. The molecule has 1 aromatic heterocycles. The predicted molar refractivity (Wildman–Crippen MR) is 79.3 cm³/mol. The van der Waals surface area contributed by atoms with E-state index in [9.17, 15) is 0 Å². The van der Waals surface area contributed by atoms with Crippen LogP contribution in [0.5, 0.6) is 0 Å². The highest BCUT2D eigenvalue weighted by atomic mass is 35.5. The maximum absolute atomic E-state index is 6.09. The molecule has 0 aliphatic carbocycles. The van der Waals surface area contributed by atoms with Crippen molar-refractivity contribution in [3.05, 3.63) is 51.1 Å². The summed E-state index contributed by atoms with van der Waals surface area (Å²) in [7, 11) is 0. The van der Waals surface area contributed by atoms with E-state index in [0.717, 1.165) is 5.56 Å². The fourth-order valence-electron chi connectivity index (χ4n) is 1.36. The van der Waals surface area contributed by atoms with E-state index in [1.165, 1.54) is 0 Å². The first-order valence-electron chi connectivity index (χ1n) is 5.31. The van der Waals surface area contributed by atoms with Crippen LogP contribution in [0.15, 0.2) is 35.4 Å². The molecule has 19 heavy (non-hydrogen) atoms. The van der Waals surface area contributed by atoms with Crippen LogP contribution in [-0.4, -0.2) is 15.9 Å². The number of hydrazone groups is 1. The normalized spacial score (nSPS) is 11.5. The number of benzene rings is 1. The molecule has 0 aliphatic rings. The number of anilines is 1. The van der Waals surface area contributed by atoms with Gasteiger partial charge in [0, 0.05) is 10.6 Å². The number of hydrogen-bond acceptors (Lipinski definition) is 4. The van der Waals surface area contributed by atoms with Gasteiger partial charge < -0.3 is 0 Å². The summed E-state index contributed by atoms with van der Waals surface area (Å²) in [6.45, 7) is 1.82. The van der Waals surface area contributed by atoms with Gasteiger partial charge >= 0.3 is 0 Å². The van der Waals surface area contributed by atoms with Crippen LogP contribution >= 0.6 is 34.8 Å². The molecule has 0 unspecified atom stereocenters. The molecule has 0 saturated carbocycles. The van der Waals surface area contributed by atoms with Gasteiger partial charge in [-0.15, -0.1) is 10.2 Å². The van der Waals surface area contributed by atoms with Crippen molar-refractivity contribution in [2.45, 2.75) is 6.92 Å². The van der Waals surface area contributed by atoms with Crippen LogP contribution in [0.4, 0.5) is 5.82 Å². The minimum absolute atomic E-state index is 0.326. The largest absolute Gasteiger partial charge is 0.260 e. The minimum atomic E-state index is 0.326. The van der Waals surface area contributed by atoms with Gasteiger partial charge in [0.15, 0.2) is 11.0 Å². The van der Waals surface area contributed by atoms with Gasteiger partial charge in [0.25, 0.3) is 0 Å². The highest BCUT2D eigenvalue weighted by Crippen LogP contribution is 2.21. The topological polar surface area (TPSA) is 50.2 Å². The standard InChI is InChI=1S/C12H9Cl3N4/c1-7(9-3-2-8(13)6-10(9)14)16-18-12-5-4-11(15)17-19-12/h2-6H,1H3,(H,18,19)/b16-7+. The van der Waals surface area contributed by atoms with Crippen LogP contribution in [0.25, 0.3) is 0 Å². The van der Waals surface area contributed by atoms with E-state index in [1.54, 1.807) is 30.3 Å². The second-order valence-electron chi connectivity index (χ2n) is 3.67. The van der Waals surface area contributed by atoms with E-state index in [2.05, 4.69) is 20.7 Å². The van der Waals surface area contributed by atoms with Gasteiger partial charge in [-0.25, -0.2) is 0 Å². The summed E-state index contributed by atoms with van der Waals surface area (Å²) in [4.78, 5) is 0. The molecule has 7 heteroatoms. The Bertz CT molecular complexity index is 611. The monoisotopic (exact) mass is 314 g/mol. The summed E-state index contributed by atoms with van der Waals surface area (Å²) < 4.78 is 0. The second-order valence-corrected chi connectivity index (χ2v) is 4.91. The Labute approximate surface area is 125 Å². The zero-order valence-electron chi connectivity index (χ0n) is 9.86. The molecule has 1 N–H and O–H groups in total. The third-order valence-corrected chi connectivity index (χ3v) is 3.04. The van der Waals surface area contributed by atoms with E-state index in [0.29, 0.717) is 26.7 Å². The van der Waals surface area contributed by atoms with Gasteiger partial charge in [0.05, 0.1) is 10.7 Å². The Hall–Kier alpha value is -1.36. The Morgan fingerprint density at radius 3 is 2.53 bits per heavy atom. The number of rotatable bonds is 3. The van der Waals surface area contributed by atoms with Crippen molar-refractivity contribution < 1.29 is 0 Å². The molecule has 0 saturated heterocycles. The highest BCUT2D eigenvalue weighted by Gasteiger charge is 2.04. The molecule has 4 nitrogen and oxygen atoms in total. The van der Waals surface area contributed by atoms with E-state index in [4.69, 9.17) is 34.8 Å². The molecule has 2 rings (SSSR count). The summed E-state index contributed by atoms with van der Waals surface area (Å²) in [5.41, 5.74) is 4.28. The second kappa shape index (κ2) is 6.19. The minimum Gasteiger partial charge on any atom is -0.260 e. The fraction of sp³-hybridized carbons (Fsp3) is 0.0833. The molecule has 1 aromatic carbocycles. The lowest BCUT2D eigenvalue weighted by Crippen LogP contribution is -2.02. The molecular formula is C12H9Cl3N4. The fourth-order valence-corrected chi connectivity index (χ4v) is 2.01. The van der Waals surface area contributed by atoms with Crippen molar-refractivity contribution >= 4 is 46.3 Å². The van der Waals surface area contributed by atoms with Gasteiger partial charge in [0.1, 0.15) is 0 Å². The molecule has 0 aliphatic heterocycles. The summed E-state index contributed by atoms with van der Waals surface area (Å²) >= 11 is 17.6. The van der Waals surface area contributed by atoms with E-state index in [1.807, 2.05) is 6.92 Å². The maximum atomic E-state index is 6.09. The van der Waals surface area contributed by atoms with Crippen molar-refractivity contribution in [2.75, 3.05) is 5.43 Å². The summed E-state index contributed by atoms with van der Waals surface area (Å²) in [6.07, 6.45) is 0. The number of aromatic nitrogens is 2. The predicted octanol–water partition coefficient (Wildman–Crippen LogP) is 4.27. The molecule has 0 fully saturated rings. The van der Waals surface area contributed by atoms with Crippen molar-refractivity contribution in [3.8, 4) is 0 Å². The molecule has 0 bridgehead atoms. The highest BCUT2D eigenvalue weighted by molar-refractivity contribution is 6.37. The summed E-state index contributed by atoms with van der Waals surface area (Å²) in [5.74, 6) is 0.494. The molecule has 0 radical (unpaired) electrons. The number of nitrogens with zero attached hydrogens (tertiary/aromatic N) is 3. The van der Waals surface area contributed by atoms with Gasteiger partial charge in [-0.3, -0.25) is 5.43 Å². The molecule has 1 heterocycles. The van der Waals surface area contributed by atoms with Gasteiger partial charge in [-0.2, -0.15) is 5.10 Å². The van der Waals surface area contributed by atoms with E-state index < -0.39 is 0 Å². The van der Waals surface area contributed by atoms with Gasteiger partial charge in [0.2, 0.25) is 0 Å². The van der Waals surface area contributed by atoms with Gasteiger partial charge in [-0.05, 0) is 31.2 Å². The van der Waals surface area contributed by atoms with Crippen LogP contribution in [0.1, 0.15) is 12.5 Å². The Morgan fingerprint density at radius 1 is 1.11 bits per heavy atom. The van der Waals surface area contributed by atoms with Crippen LogP contribution in [0.2, 0.25) is 15.2 Å². The lowest BCUT2D eigenvalue weighted by Gasteiger charge is -2.05. The third kappa shape index (κ3) is 3.80. The molecule has 0 atom stereocenters. The lowest BCUT2D eigenvalue weighted by molar-refractivity contribution is 1.02. The van der Waals surface area contributed by atoms with Crippen LogP contribution < -0.4 is 5.43 Å². The number of halogens is 3. The van der Waals surface area contributed by atoms with Crippen molar-refractivity contribution in [2.24, 2.45) is 5.10 Å². The number of nitrogens with one attached hydrogen (secondary N) is 1. The van der Waals surface area contributed by atoms with Crippen LogP contribution in [0, 0.1) is 0 Å². The average molecular weight is 316 g/mol. The Kier molecular flexibility index (Phi) is 4.58.